The molecule has 33 heavy (non-hydrogen) atoms. The van der Waals surface area contributed by atoms with Gasteiger partial charge < -0.3 is 31.9 Å². The fraction of sp³-hybridized carbons (Fsp3) is 0.500. The fourth-order valence-electron chi connectivity index (χ4n) is 2.83. The lowest BCUT2D eigenvalue weighted by Crippen LogP contribution is -2.57. The standard InChI is InChI=1S/C22H32N4O7/c1-12(2)18(23)21(31)24-13(3)19(29)25-15(9-10-17(27)28)20(30)26-16(22(32)33)11-14-7-5-4-6-8-14/h4-8,12-13,15-16,18H,9-11,23H2,1-3H3,(H,24,31)(H,25,29)(H,26,30)(H,27,28)(H,32,33)/t13-,15-,16-,18-/m0/s1. The number of benzene rings is 1. The Kier molecular flexibility index (Phi) is 11.0. The second kappa shape index (κ2) is 13.2. The average molecular weight is 465 g/mol. The van der Waals surface area contributed by atoms with Gasteiger partial charge in [-0.2, -0.15) is 0 Å². The molecule has 0 aliphatic heterocycles. The maximum absolute atomic E-state index is 12.7. The Hall–Kier alpha value is -3.47. The van der Waals surface area contributed by atoms with Crippen LogP contribution in [0.4, 0.5) is 0 Å². The van der Waals surface area contributed by atoms with Crippen LogP contribution in [-0.4, -0.2) is 64.0 Å². The van der Waals surface area contributed by atoms with Crippen molar-refractivity contribution in [3.8, 4) is 0 Å². The van der Waals surface area contributed by atoms with Crippen LogP contribution in [0.2, 0.25) is 0 Å². The summed E-state index contributed by atoms with van der Waals surface area (Å²) in [6.07, 6.45) is -0.703. The minimum absolute atomic E-state index is 0.00105. The zero-order chi connectivity index (χ0) is 25.1. The van der Waals surface area contributed by atoms with Crippen molar-refractivity contribution in [2.75, 3.05) is 0 Å². The highest BCUT2D eigenvalue weighted by Gasteiger charge is 2.29. The average Bonchev–Trinajstić information content (AvgIpc) is 2.75. The summed E-state index contributed by atoms with van der Waals surface area (Å²) < 4.78 is 0. The molecule has 4 atom stereocenters. The van der Waals surface area contributed by atoms with Crippen LogP contribution in [0.5, 0.6) is 0 Å². The topological polar surface area (TPSA) is 188 Å². The lowest BCUT2D eigenvalue weighted by Gasteiger charge is -2.24. The largest absolute Gasteiger partial charge is 0.481 e. The lowest BCUT2D eigenvalue weighted by molar-refractivity contribution is -0.143. The molecule has 0 heterocycles. The summed E-state index contributed by atoms with van der Waals surface area (Å²) in [4.78, 5) is 60.0. The quantitative estimate of drug-likeness (QED) is 0.228. The Morgan fingerprint density at radius 3 is 1.94 bits per heavy atom. The third-order valence-corrected chi connectivity index (χ3v) is 4.95. The van der Waals surface area contributed by atoms with E-state index in [0.29, 0.717) is 5.56 Å². The van der Waals surface area contributed by atoms with Crippen LogP contribution in [0.3, 0.4) is 0 Å². The Bertz CT molecular complexity index is 844. The first kappa shape index (κ1) is 27.6. The van der Waals surface area contributed by atoms with E-state index in [2.05, 4.69) is 16.0 Å². The number of hydrogen-bond donors (Lipinski definition) is 6. The van der Waals surface area contributed by atoms with Gasteiger partial charge in [-0.15, -0.1) is 0 Å². The van der Waals surface area contributed by atoms with Crippen LogP contribution >= 0.6 is 0 Å². The number of aliphatic carboxylic acids is 2. The Morgan fingerprint density at radius 2 is 1.42 bits per heavy atom. The molecule has 0 aliphatic carbocycles. The van der Waals surface area contributed by atoms with Crippen LogP contribution in [0.25, 0.3) is 0 Å². The number of carbonyl (C=O) groups excluding carboxylic acids is 3. The molecule has 3 amide bonds. The van der Waals surface area contributed by atoms with Gasteiger partial charge in [0.1, 0.15) is 18.1 Å². The summed E-state index contributed by atoms with van der Waals surface area (Å²) in [6, 6.07) is 4.15. The molecule has 0 radical (unpaired) electrons. The SMILES string of the molecule is CC(C)[C@H](N)C(=O)N[C@@H](C)C(=O)N[C@@H](CCC(=O)O)C(=O)N[C@@H](Cc1ccccc1)C(=O)O. The zero-order valence-corrected chi connectivity index (χ0v) is 18.9. The van der Waals surface area contributed by atoms with E-state index in [4.69, 9.17) is 10.8 Å². The summed E-state index contributed by atoms with van der Waals surface area (Å²) >= 11 is 0. The summed E-state index contributed by atoms with van der Waals surface area (Å²) in [7, 11) is 0. The molecule has 1 aromatic carbocycles. The summed E-state index contributed by atoms with van der Waals surface area (Å²) in [6.45, 7) is 4.88. The molecule has 0 aliphatic rings. The van der Waals surface area contributed by atoms with E-state index < -0.39 is 60.2 Å². The summed E-state index contributed by atoms with van der Waals surface area (Å²) in [5.74, 6) is -4.76. The monoisotopic (exact) mass is 464 g/mol. The van der Waals surface area contributed by atoms with Gasteiger partial charge in [-0.25, -0.2) is 4.79 Å². The van der Waals surface area contributed by atoms with Gasteiger partial charge in [-0.1, -0.05) is 44.2 Å². The highest BCUT2D eigenvalue weighted by atomic mass is 16.4. The van der Waals surface area contributed by atoms with Crippen molar-refractivity contribution in [2.45, 2.75) is 64.2 Å². The van der Waals surface area contributed by atoms with Gasteiger partial charge in [0.05, 0.1) is 6.04 Å². The molecule has 0 fully saturated rings. The predicted molar refractivity (Wildman–Crippen MR) is 119 cm³/mol. The molecule has 0 saturated heterocycles. The van der Waals surface area contributed by atoms with E-state index in [0.717, 1.165) is 0 Å². The second-order valence-electron chi connectivity index (χ2n) is 8.08. The summed E-state index contributed by atoms with van der Waals surface area (Å²) in [5.41, 5.74) is 6.43. The third-order valence-electron chi connectivity index (χ3n) is 4.95. The molecule has 1 aromatic rings. The van der Waals surface area contributed by atoms with Crippen molar-refractivity contribution in [2.24, 2.45) is 11.7 Å². The molecule has 1 rings (SSSR count). The lowest BCUT2D eigenvalue weighted by atomic mass is 10.0. The van der Waals surface area contributed by atoms with Crippen molar-refractivity contribution < 1.29 is 34.2 Å². The second-order valence-corrected chi connectivity index (χ2v) is 8.08. The van der Waals surface area contributed by atoms with Crippen molar-refractivity contribution in [3.63, 3.8) is 0 Å². The van der Waals surface area contributed by atoms with Gasteiger partial charge in [-0.3, -0.25) is 19.2 Å². The first-order chi connectivity index (χ1) is 15.4. The smallest absolute Gasteiger partial charge is 0.326 e. The van der Waals surface area contributed by atoms with E-state index in [1.807, 2.05) is 0 Å². The van der Waals surface area contributed by atoms with E-state index >= 15 is 0 Å². The molecule has 11 nitrogen and oxygen atoms in total. The van der Waals surface area contributed by atoms with Crippen molar-refractivity contribution in [3.05, 3.63) is 35.9 Å². The maximum Gasteiger partial charge on any atom is 0.326 e. The van der Waals surface area contributed by atoms with Gasteiger partial charge in [0.15, 0.2) is 0 Å². The molecule has 182 valence electrons. The zero-order valence-electron chi connectivity index (χ0n) is 18.9. The van der Waals surface area contributed by atoms with Crippen LogP contribution in [0.1, 0.15) is 39.2 Å². The molecule has 0 saturated carbocycles. The van der Waals surface area contributed by atoms with Crippen molar-refractivity contribution in [1.29, 1.82) is 0 Å². The number of amides is 3. The van der Waals surface area contributed by atoms with Crippen molar-refractivity contribution in [1.82, 2.24) is 16.0 Å². The molecule has 0 unspecified atom stereocenters. The molecule has 0 bridgehead atoms. The highest BCUT2D eigenvalue weighted by Crippen LogP contribution is 2.06. The van der Waals surface area contributed by atoms with Crippen LogP contribution < -0.4 is 21.7 Å². The van der Waals surface area contributed by atoms with Gasteiger partial charge in [-0.05, 0) is 24.8 Å². The number of nitrogens with one attached hydrogen (secondary N) is 3. The van der Waals surface area contributed by atoms with E-state index in [1.165, 1.54) is 6.92 Å². The van der Waals surface area contributed by atoms with Crippen LogP contribution in [0.15, 0.2) is 30.3 Å². The first-order valence-corrected chi connectivity index (χ1v) is 10.6. The van der Waals surface area contributed by atoms with Gasteiger partial charge in [0.25, 0.3) is 0 Å². The van der Waals surface area contributed by atoms with Gasteiger partial charge in [0, 0.05) is 12.8 Å². The molecule has 7 N–H and O–H groups in total. The number of carbonyl (C=O) groups is 5. The maximum atomic E-state index is 12.7. The van der Waals surface area contributed by atoms with Crippen molar-refractivity contribution >= 4 is 29.7 Å². The Morgan fingerprint density at radius 1 is 0.848 bits per heavy atom. The van der Waals surface area contributed by atoms with Gasteiger partial charge in [0.2, 0.25) is 17.7 Å². The van der Waals surface area contributed by atoms with Crippen LogP contribution in [0, 0.1) is 5.92 Å². The number of carboxylic acids is 2. The third kappa shape index (κ3) is 9.69. The molecule has 0 aromatic heterocycles. The molecular weight excluding hydrogens is 432 g/mol. The molecule has 0 spiro atoms. The predicted octanol–water partition coefficient (Wildman–Crippen LogP) is -0.364. The minimum Gasteiger partial charge on any atom is -0.481 e. The van der Waals surface area contributed by atoms with Crippen LogP contribution in [-0.2, 0) is 30.4 Å². The Balaban J connectivity index is 2.88. The molecular formula is C22H32N4O7. The fourth-order valence-corrected chi connectivity index (χ4v) is 2.83. The molecule has 11 heteroatoms. The number of carboxylic acid groups (broad SMARTS) is 2. The van der Waals surface area contributed by atoms with Gasteiger partial charge >= 0.3 is 11.9 Å². The number of hydrogen-bond acceptors (Lipinski definition) is 6. The van der Waals surface area contributed by atoms with E-state index in [1.54, 1.807) is 44.2 Å². The number of nitrogens with two attached hydrogens (primary N) is 1. The summed E-state index contributed by atoms with van der Waals surface area (Å²) in [5, 5.41) is 25.7. The first-order valence-electron chi connectivity index (χ1n) is 10.6. The van der Waals surface area contributed by atoms with E-state index in [-0.39, 0.29) is 18.8 Å². The normalized spacial score (nSPS) is 14.5. The van der Waals surface area contributed by atoms with E-state index in [9.17, 15) is 29.1 Å². The minimum atomic E-state index is -1.32. The highest BCUT2D eigenvalue weighted by molar-refractivity contribution is 5.94. The number of rotatable bonds is 13. The Labute approximate surface area is 192 Å².